The van der Waals surface area contributed by atoms with E-state index in [1.165, 1.54) is 0 Å². The van der Waals surface area contributed by atoms with E-state index in [9.17, 15) is 4.79 Å². The monoisotopic (exact) mass is 399 g/mol. The molecule has 8 nitrogen and oxygen atoms in total. The lowest BCUT2D eigenvalue weighted by molar-refractivity contribution is -0.146. The van der Waals surface area contributed by atoms with Gasteiger partial charge in [-0.1, -0.05) is 6.07 Å². The summed E-state index contributed by atoms with van der Waals surface area (Å²) in [6.07, 6.45) is 5.15. The first kappa shape index (κ1) is 19.7. The standard InChI is InChI=1S/C21H29N5O3/c1-3-28-18-8-4-7-17(23-18)25-11-13-26(14-12-25)21(27)16-6-5-15-29-19(16)20-22-9-10-24(20)2/h4,7-10,16,19H,3,5-6,11-15H2,1-2H3/t16-,19-/m1/s1. The number of hydrogen-bond donors (Lipinski definition) is 0. The average molecular weight is 399 g/mol. The smallest absolute Gasteiger partial charge is 0.228 e. The van der Waals surface area contributed by atoms with Gasteiger partial charge in [0.1, 0.15) is 17.7 Å². The summed E-state index contributed by atoms with van der Waals surface area (Å²) in [4.78, 5) is 26.5. The number of imidazole rings is 1. The maximum absolute atomic E-state index is 13.3. The van der Waals surface area contributed by atoms with Crippen molar-refractivity contribution < 1.29 is 14.3 Å². The number of nitrogens with zero attached hydrogens (tertiary/aromatic N) is 5. The molecule has 4 heterocycles. The normalized spacial score (nSPS) is 22.6. The Hall–Kier alpha value is -2.61. The van der Waals surface area contributed by atoms with Gasteiger partial charge >= 0.3 is 0 Å². The second-order valence-electron chi connectivity index (χ2n) is 7.52. The Morgan fingerprint density at radius 3 is 2.83 bits per heavy atom. The number of aromatic nitrogens is 3. The van der Waals surface area contributed by atoms with E-state index in [0.717, 1.165) is 37.6 Å². The molecule has 0 spiro atoms. The van der Waals surface area contributed by atoms with Crippen molar-refractivity contribution in [3.05, 3.63) is 36.4 Å². The lowest BCUT2D eigenvalue weighted by Gasteiger charge is -2.39. The molecule has 2 aromatic rings. The molecule has 1 amide bonds. The minimum Gasteiger partial charge on any atom is -0.478 e. The molecule has 8 heteroatoms. The first-order valence-corrected chi connectivity index (χ1v) is 10.4. The van der Waals surface area contributed by atoms with Gasteiger partial charge in [-0.3, -0.25) is 4.79 Å². The van der Waals surface area contributed by atoms with E-state index in [4.69, 9.17) is 9.47 Å². The first-order valence-electron chi connectivity index (χ1n) is 10.4. The molecule has 0 unspecified atom stereocenters. The van der Waals surface area contributed by atoms with Crippen molar-refractivity contribution in [1.29, 1.82) is 0 Å². The second-order valence-corrected chi connectivity index (χ2v) is 7.52. The van der Waals surface area contributed by atoms with Crippen LogP contribution in [0.25, 0.3) is 0 Å². The predicted molar refractivity (Wildman–Crippen MR) is 109 cm³/mol. The Bertz CT molecular complexity index is 831. The van der Waals surface area contributed by atoms with Crippen LogP contribution in [-0.4, -0.2) is 64.7 Å². The van der Waals surface area contributed by atoms with Gasteiger partial charge in [0.25, 0.3) is 0 Å². The van der Waals surface area contributed by atoms with Crippen molar-refractivity contribution in [2.45, 2.75) is 25.9 Å². The van der Waals surface area contributed by atoms with Crippen LogP contribution in [0.5, 0.6) is 5.88 Å². The molecule has 0 saturated carbocycles. The molecule has 2 aliphatic rings. The summed E-state index contributed by atoms with van der Waals surface area (Å²) in [6, 6.07) is 5.82. The molecule has 0 bridgehead atoms. The minimum absolute atomic E-state index is 0.171. The van der Waals surface area contributed by atoms with Crippen molar-refractivity contribution in [2.75, 3.05) is 44.3 Å². The summed E-state index contributed by atoms with van der Waals surface area (Å²) in [5.41, 5.74) is 0. The molecule has 0 aromatic carbocycles. The first-order chi connectivity index (χ1) is 14.2. The summed E-state index contributed by atoms with van der Waals surface area (Å²) < 4.78 is 13.4. The molecular weight excluding hydrogens is 370 g/mol. The van der Waals surface area contributed by atoms with Crippen LogP contribution in [0.1, 0.15) is 31.7 Å². The van der Waals surface area contributed by atoms with Crippen LogP contribution in [0.4, 0.5) is 5.82 Å². The molecule has 2 aromatic heterocycles. The van der Waals surface area contributed by atoms with Gasteiger partial charge in [-0.2, -0.15) is 4.98 Å². The highest BCUT2D eigenvalue weighted by atomic mass is 16.5. The number of amides is 1. The topological polar surface area (TPSA) is 72.7 Å². The lowest BCUT2D eigenvalue weighted by atomic mass is 9.92. The highest BCUT2D eigenvalue weighted by Crippen LogP contribution is 2.34. The maximum atomic E-state index is 13.3. The summed E-state index contributed by atoms with van der Waals surface area (Å²) >= 11 is 0. The van der Waals surface area contributed by atoms with E-state index >= 15 is 0 Å². The van der Waals surface area contributed by atoms with Crippen LogP contribution < -0.4 is 9.64 Å². The number of pyridine rings is 1. The fourth-order valence-electron chi connectivity index (χ4n) is 4.14. The molecule has 0 N–H and O–H groups in total. The van der Waals surface area contributed by atoms with Crippen LogP contribution in [0.15, 0.2) is 30.6 Å². The van der Waals surface area contributed by atoms with Crippen LogP contribution >= 0.6 is 0 Å². The zero-order valence-electron chi connectivity index (χ0n) is 17.2. The molecule has 2 saturated heterocycles. The van der Waals surface area contributed by atoms with E-state index in [-0.39, 0.29) is 17.9 Å². The van der Waals surface area contributed by atoms with Gasteiger partial charge in [0.15, 0.2) is 0 Å². The number of carbonyl (C=O) groups is 1. The summed E-state index contributed by atoms with van der Waals surface area (Å²) in [5, 5.41) is 0. The van der Waals surface area contributed by atoms with Crippen LogP contribution in [0, 0.1) is 5.92 Å². The Morgan fingerprint density at radius 1 is 1.28 bits per heavy atom. The van der Waals surface area contributed by atoms with Gasteiger partial charge < -0.3 is 23.8 Å². The molecule has 2 fully saturated rings. The lowest BCUT2D eigenvalue weighted by Crippen LogP contribution is -2.52. The van der Waals surface area contributed by atoms with Crippen molar-refractivity contribution >= 4 is 11.7 Å². The van der Waals surface area contributed by atoms with E-state index in [1.807, 2.05) is 47.8 Å². The molecule has 4 rings (SSSR count). The van der Waals surface area contributed by atoms with Crippen LogP contribution in [-0.2, 0) is 16.6 Å². The molecular formula is C21H29N5O3. The zero-order chi connectivity index (χ0) is 20.2. The van der Waals surface area contributed by atoms with Gasteiger partial charge in [0.05, 0.1) is 12.5 Å². The van der Waals surface area contributed by atoms with Gasteiger partial charge in [-0.15, -0.1) is 0 Å². The second kappa shape index (κ2) is 8.82. The third-order valence-corrected chi connectivity index (χ3v) is 5.67. The van der Waals surface area contributed by atoms with E-state index < -0.39 is 0 Å². The minimum atomic E-state index is -0.265. The SMILES string of the molecule is CCOc1cccc(N2CCN(C(=O)[C@@H]3CCCO[C@H]3c3nccn3C)CC2)n1. The molecule has 2 aliphatic heterocycles. The maximum Gasteiger partial charge on any atom is 0.228 e. The number of piperazine rings is 1. The zero-order valence-corrected chi connectivity index (χ0v) is 17.2. The number of rotatable bonds is 5. The number of carbonyl (C=O) groups excluding carboxylic acids is 1. The van der Waals surface area contributed by atoms with Crippen molar-refractivity contribution in [3.63, 3.8) is 0 Å². The third kappa shape index (κ3) is 4.22. The van der Waals surface area contributed by atoms with Gasteiger partial charge in [0.2, 0.25) is 11.8 Å². The largest absolute Gasteiger partial charge is 0.478 e. The molecule has 2 atom stereocenters. The third-order valence-electron chi connectivity index (χ3n) is 5.67. The number of aryl methyl sites for hydroxylation is 1. The average Bonchev–Trinajstić information content (AvgIpc) is 3.19. The Kier molecular flexibility index (Phi) is 5.99. The van der Waals surface area contributed by atoms with E-state index in [0.29, 0.717) is 32.2 Å². The fraction of sp³-hybridized carbons (Fsp3) is 0.571. The Morgan fingerprint density at radius 2 is 2.10 bits per heavy atom. The molecule has 156 valence electrons. The highest BCUT2D eigenvalue weighted by molar-refractivity contribution is 5.80. The van der Waals surface area contributed by atoms with Crippen molar-refractivity contribution in [1.82, 2.24) is 19.4 Å². The van der Waals surface area contributed by atoms with Gasteiger partial charge in [-0.25, -0.2) is 4.98 Å². The van der Waals surface area contributed by atoms with Gasteiger partial charge in [0, 0.05) is 58.3 Å². The predicted octanol–water partition coefficient (Wildman–Crippen LogP) is 2.03. The summed E-state index contributed by atoms with van der Waals surface area (Å²) in [6.45, 7) is 6.11. The summed E-state index contributed by atoms with van der Waals surface area (Å²) in [5.74, 6) is 2.37. The van der Waals surface area contributed by atoms with Crippen molar-refractivity contribution in [3.8, 4) is 5.88 Å². The van der Waals surface area contributed by atoms with Gasteiger partial charge in [-0.05, 0) is 25.8 Å². The number of anilines is 1. The Labute approximate surface area is 171 Å². The highest BCUT2D eigenvalue weighted by Gasteiger charge is 2.38. The quantitative estimate of drug-likeness (QED) is 0.766. The fourth-order valence-corrected chi connectivity index (χ4v) is 4.14. The van der Waals surface area contributed by atoms with E-state index in [1.54, 1.807) is 6.20 Å². The number of hydrogen-bond acceptors (Lipinski definition) is 6. The molecule has 0 radical (unpaired) electrons. The summed E-state index contributed by atoms with van der Waals surface area (Å²) in [7, 11) is 1.95. The van der Waals surface area contributed by atoms with E-state index in [2.05, 4.69) is 14.9 Å². The molecule has 29 heavy (non-hydrogen) atoms. The van der Waals surface area contributed by atoms with Crippen LogP contribution in [0.3, 0.4) is 0 Å². The van der Waals surface area contributed by atoms with Crippen LogP contribution in [0.2, 0.25) is 0 Å². The van der Waals surface area contributed by atoms with Crippen molar-refractivity contribution in [2.24, 2.45) is 13.0 Å². The Balaban J connectivity index is 1.40. The number of ether oxygens (including phenoxy) is 2. The molecule has 0 aliphatic carbocycles.